The molecule has 2 heterocycles. The lowest BCUT2D eigenvalue weighted by atomic mass is 10.0. The van der Waals surface area contributed by atoms with Gasteiger partial charge < -0.3 is 5.11 Å². The van der Waals surface area contributed by atoms with Gasteiger partial charge in [0.2, 0.25) is 0 Å². The number of thiophene rings is 1. The summed E-state index contributed by atoms with van der Waals surface area (Å²) in [5, 5.41) is 16.6. The molecule has 4 nitrogen and oxygen atoms in total. The summed E-state index contributed by atoms with van der Waals surface area (Å²) in [6.45, 7) is 5.34. The first-order valence-electron chi connectivity index (χ1n) is 13.7. The van der Waals surface area contributed by atoms with Crippen molar-refractivity contribution >= 4 is 28.9 Å². The monoisotopic (exact) mass is 508 g/mol. The molecule has 0 amide bonds. The van der Waals surface area contributed by atoms with E-state index < -0.39 is 5.97 Å². The summed E-state index contributed by atoms with van der Waals surface area (Å²) in [5.74, 6) is -0.874. The topological polar surface area (TPSA) is 55.1 Å². The van der Waals surface area contributed by atoms with Crippen LogP contribution < -0.4 is 0 Å². The summed E-state index contributed by atoms with van der Waals surface area (Å²) in [6.07, 6.45) is 21.3. The van der Waals surface area contributed by atoms with Gasteiger partial charge in [0.05, 0.1) is 5.69 Å². The number of aromatic carboxylic acids is 1. The highest BCUT2D eigenvalue weighted by atomic mass is 35.5. The standard InChI is InChI=1S/C28H45ClN2O2S/c1-3-5-7-9-11-13-15-17-19-24-26(23-21-25(28(32)33)34-22-23)31(30-27(24)29)20-18-16-14-12-10-8-6-4-2/h21-22H,3-20H2,1-2H3,(H,32,33). The molecule has 0 aliphatic rings. The number of hydrogen-bond acceptors (Lipinski definition) is 3. The lowest BCUT2D eigenvalue weighted by Crippen LogP contribution is -2.03. The van der Waals surface area contributed by atoms with E-state index in [1.54, 1.807) is 6.07 Å². The second kappa shape index (κ2) is 17.2. The smallest absolute Gasteiger partial charge is 0.345 e. The van der Waals surface area contributed by atoms with Gasteiger partial charge in [-0.3, -0.25) is 4.68 Å². The Labute approximate surface area is 216 Å². The summed E-state index contributed by atoms with van der Waals surface area (Å²) in [6, 6.07) is 1.78. The maximum absolute atomic E-state index is 11.5. The van der Waals surface area contributed by atoms with E-state index in [1.807, 2.05) is 10.1 Å². The third kappa shape index (κ3) is 10.1. The number of aryl methyl sites for hydroxylation is 1. The van der Waals surface area contributed by atoms with E-state index in [1.165, 1.54) is 101 Å². The van der Waals surface area contributed by atoms with Gasteiger partial charge >= 0.3 is 5.97 Å². The van der Waals surface area contributed by atoms with E-state index in [4.69, 9.17) is 11.6 Å². The molecular formula is C28H45ClN2O2S. The lowest BCUT2D eigenvalue weighted by molar-refractivity contribution is 0.0702. The minimum atomic E-state index is -0.874. The summed E-state index contributed by atoms with van der Waals surface area (Å²) in [7, 11) is 0. The molecule has 0 atom stereocenters. The van der Waals surface area contributed by atoms with Crippen LogP contribution in [0.25, 0.3) is 11.3 Å². The number of aromatic nitrogens is 2. The van der Waals surface area contributed by atoms with Crippen LogP contribution in [-0.2, 0) is 13.0 Å². The predicted octanol–water partition coefficient (Wildman–Crippen LogP) is 9.79. The third-order valence-corrected chi connectivity index (χ3v) is 7.81. The van der Waals surface area contributed by atoms with E-state index in [-0.39, 0.29) is 0 Å². The van der Waals surface area contributed by atoms with Crippen molar-refractivity contribution < 1.29 is 9.90 Å². The fourth-order valence-corrected chi connectivity index (χ4v) is 5.58. The van der Waals surface area contributed by atoms with Crippen LogP contribution in [0, 0.1) is 0 Å². The molecule has 6 heteroatoms. The first-order chi connectivity index (χ1) is 16.6. The summed E-state index contributed by atoms with van der Waals surface area (Å²) in [5.41, 5.74) is 3.05. The van der Waals surface area contributed by atoms with Crippen LogP contribution in [0.4, 0.5) is 0 Å². The first kappa shape index (κ1) is 28.9. The van der Waals surface area contributed by atoms with E-state index >= 15 is 0 Å². The zero-order valence-corrected chi connectivity index (χ0v) is 23.0. The highest BCUT2D eigenvalue weighted by Crippen LogP contribution is 2.34. The van der Waals surface area contributed by atoms with Gasteiger partial charge in [0.25, 0.3) is 0 Å². The molecule has 0 bridgehead atoms. The van der Waals surface area contributed by atoms with Crippen LogP contribution in [0.15, 0.2) is 11.4 Å². The fraction of sp³-hybridized carbons (Fsp3) is 0.714. The number of unbranched alkanes of at least 4 members (excludes halogenated alkanes) is 14. The van der Waals surface area contributed by atoms with Crippen molar-refractivity contribution in [2.75, 3.05) is 0 Å². The van der Waals surface area contributed by atoms with Gasteiger partial charge in [0.1, 0.15) is 4.88 Å². The number of carboxylic acids is 1. The number of hydrogen-bond donors (Lipinski definition) is 1. The normalized spacial score (nSPS) is 11.4. The summed E-state index contributed by atoms with van der Waals surface area (Å²) < 4.78 is 2.03. The van der Waals surface area contributed by atoms with Gasteiger partial charge in [-0.25, -0.2) is 4.79 Å². The van der Waals surface area contributed by atoms with Gasteiger partial charge in [0.15, 0.2) is 5.15 Å². The quantitative estimate of drug-likeness (QED) is 0.181. The van der Waals surface area contributed by atoms with E-state index in [0.717, 1.165) is 42.6 Å². The maximum atomic E-state index is 11.5. The highest BCUT2D eigenvalue weighted by Gasteiger charge is 2.20. The molecule has 0 aliphatic heterocycles. The number of carbonyl (C=O) groups is 1. The average Bonchev–Trinajstić information content (AvgIpc) is 3.42. The Morgan fingerprint density at radius 1 is 0.882 bits per heavy atom. The molecule has 0 spiro atoms. The average molecular weight is 509 g/mol. The number of rotatable bonds is 20. The van der Waals surface area contributed by atoms with Crippen LogP contribution in [0.1, 0.15) is 132 Å². The highest BCUT2D eigenvalue weighted by molar-refractivity contribution is 7.12. The number of carboxylic acid groups (broad SMARTS) is 1. The van der Waals surface area contributed by atoms with Crippen LogP contribution in [0.5, 0.6) is 0 Å². The Morgan fingerprint density at radius 2 is 1.41 bits per heavy atom. The zero-order chi connectivity index (χ0) is 24.6. The fourth-order valence-electron chi connectivity index (χ4n) is 4.58. The predicted molar refractivity (Wildman–Crippen MR) is 146 cm³/mol. The summed E-state index contributed by atoms with van der Waals surface area (Å²) >= 11 is 7.91. The van der Waals surface area contributed by atoms with Crippen LogP contribution in [-0.4, -0.2) is 20.9 Å². The van der Waals surface area contributed by atoms with Gasteiger partial charge in [-0.2, -0.15) is 5.10 Å². The molecule has 0 aromatic carbocycles. The van der Waals surface area contributed by atoms with Gasteiger partial charge in [-0.15, -0.1) is 11.3 Å². The lowest BCUT2D eigenvalue weighted by Gasteiger charge is -2.09. The van der Waals surface area contributed by atoms with Gasteiger partial charge in [-0.05, 0) is 25.3 Å². The zero-order valence-electron chi connectivity index (χ0n) is 21.4. The largest absolute Gasteiger partial charge is 0.477 e. The van der Waals surface area contributed by atoms with Crippen LogP contribution in [0.2, 0.25) is 5.15 Å². The second-order valence-electron chi connectivity index (χ2n) is 9.55. The van der Waals surface area contributed by atoms with Crippen LogP contribution in [0.3, 0.4) is 0 Å². The van der Waals surface area contributed by atoms with E-state index in [2.05, 4.69) is 18.9 Å². The number of halogens is 1. The Hall–Kier alpha value is -1.33. The molecule has 0 radical (unpaired) electrons. The molecule has 0 fully saturated rings. The minimum Gasteiger partial charge on any atom is -0.477 e. The Morgan fingerprint density at radius 3 is 1.94 bits per heavy atom. The van der Waals surface area contributed by atoms with Gasteiger partial charge in [0, 0.05) is 23.1 Å². The molecule has 192 valence electrons. The Kier molecular flexibility index (Phi) is 14.6. The van der Waals surface area contributed by atoms with E-state index in [9.17, 15) is 9.90 Å². The van der Waals surface area contributed by atoms with Crippen molar-refractivity contribution in [3.8, 4) is 11.3 Å². The molecule has 34 heavy (non-hydrogen) atoms. The van der Waals surface area contributed by atoms with Crippen molar-refractivity contribution in [3.63, 3.8) is 0 Å². The minimum absolute atomic E-state index is 0.365. The molecule has 1 N–H and O–H groups in total. The molecule has 2 rings (SSSR count). The Bertz CT molecular complexity index is 830. The van der Waals surface area contributed by atoms with Crippen molar-refractivity contribution in [2.45, 2.75) is 130 Å². The van der Waals surface area contributed by atoms with Gasteiger partial charge in [-0.1, -0.05) is 115 Å². The van der Waals surface area contributed by atoms with Crippen molar-refractivity contribution in [1.82, 2.24) is 9.78 Å². The molecule has 2 aromatic rings. The molecule has 0 saturated heterocycles. The molecule has 0 saturated carbocycles. The first-order valence-corrected chi connectivity index (χ1v) is 14.9. The molecule has 0 aliphatic carbocycles. The van der Waals surface area contributed by atoms with Crippen molar-refractivity contribution in [3.05, 3.63) is 27.0 Å². The Balaban J connectivity index is 1.96. The summed E-state index contributed by atoms with van der Waals surface area (Å²) in [4.78, 5) is 11.8. The SMILES string of the molecule is CCCCCCCCCCc1c(Cl)nn(CCCCCCCCCC)c1-c1csc(C(=O)O)c1. The van der Waals surface area contributed by atoms with Crippen LogP contribution >= 0.6 is 22.9 Å². The van der Waals surface area contributed by atoms with Crippen molar-refractivity contribution in [1.29, 1.82) is 0 Å². The second-order valence-corrected chi connectivity index (χ2v) is 10.8. The molecule has 0 unspecified atom stereocenters. The van der Waals surface area contributed by atoms with Crippen molar-refractivity contribution in [2.24, 2.45) is 0 Å². The molecule has 2 aromatic heterocycles. The third-order valence-electron chi connectivity index (χ3n) is 6.59. The molecular weight excluding hydrogens is 464 g/mol. The number of nitrogens with zero attached hydrogens (tertiary/aromatic N) is 2. The maximum Gasteiger partial charge on any atom is 0.345 e. The van der Waals surface area contributed by atoms with E-state index in [0.29, 0.717) is 10.0 Å².